The maximum absolute atomic E-state index is 13.9. The standard InChI is InChI=1S/C12H13FNO2.Ru/c1-2-14-8-12(13,15)10-3-4-11-9(7-10)5-6-16-11;/h3-8,14-15H,2H2,1H3;/q-1;+1. The predicted octanol–water partition coefficient (Wildman–Crippen LogP) is 2.32. The number of rotatable bonds is 4. The first-order chi connectivity index (χ1) is 7.63. The Morgan fingerprint density at radius 3 is 2.94 bits per heavy atom. The maximum atomic E-state index is 13.9. The third kappa shape index (κ3) is 3.12. The Balaban J connectivity index is 0.00000144. The van der Waals surface area contributed by atoms with Gasteiger partial charge in [-0.1, -0.05) is 13.0 Å². The zero-order chi connectivity index (χ0) is 11.6. The smallest absolute Gasteiger partial charge is 0.465 e. The van der Waals surface area contributed by atoms with Crippen LogP contribution >= 0.6 is 0 Å². The van der Waals surface area contributed by atoms with E-state index in [1.807, 2.05) is 6.92 Å². The van der Waals surface area contributed by atoms with Crippen molar-refractivity contribution in [1.29, 1.82) is 0 Å². The Kier molecular flexibility index (Phi) is 4.81. The van der Waals surface area contributed by atoms with E-state index in [-0.39, 0.29) is 25.0 Å². The second-order valence-corrected chi connectivity index (χ2v) is 3.55. The number of likely N-dealkylation sites (N-methyl/N-ethyl adjacent to an activating group) is 1. The van der Waals surface area contributed by atoms with Crippen LogP contribution in [0.5, 0.6) is 0 Å². The van der Waals surface area contributed by atoms with Gasteiger partial charge < -0.3 is 14.8 Å². The molecule has 1 unspecified atom stereocenters. The van der Waals surface area contributed by atoms with Crippen molar-refractivity contribution in [3.63, 3.8) is 0 Å². The summed E-state index contributed by atoms with van der Waals surface area (Å²) >= 11 is 0. The van der Waals surface area contributed by atoms with Crippen LogP contribution in [0.25, 0.3) is 11.0 Å². The van der Waals surface area contributed by atoms with Crippen LogP contribution in [-0.4, -0.2) is 11.7 Å². The van der Waals surface area contributed by atoms with Crippen LogP contribution in [0.15, 0.2) is 34.9 Å². The van der Waals surface area contributed by atoms with Gasteiger partial charge in [-0.15, -0.1) is 0 Å². The molecule has 1 aromatic heterocycles. The first-order valence-electron chi connectivity index (χ1n) is 5.10. The number of hydrogen-bond acceptors (Lipinski definition) is 3. The van der Waals surface area contributed by atoms with Gasteiger partial charge in [0.15, 0.2) is 0 Å². The van der Waals surface area contributed by atoms with Crippen LogP contribution in [-0.2, 0) is 25.3 Å². The summed E-state index contributed by atoms with van der Waals surface area (Å²) in [4.78, 5) is 0. The zero-order valence-electron chi connectivity index (χ0n) is 9.26. The molecule has 17 heavy (non-hydrogen) atoms. The van der Waals surface area contributed by atoms with Crippen molar-refractivity contribution in [3.05, 3.63) is 42.6 Å². The fourth-order valence-corrected chi connectivity index (χ4v) is 1.51. The van der Waals surface area contributed by atoms with Gasteiger partial charge in [0.1, 0.15) is 11.4 Å². The number of fused-ring (bicyclic) bond motifs is 1. The summed E-state index contributed by atoms with van der Waals surface area (Å²) in [5, 5.41) is 13.0. The molecule has 0 saturated carbocycles. The van der Waals surface area contributed by atoms with Crippen molar-refractivity contribution in [2.45, 2.75) is 12.8 Å². The van der Waals surface area contributed by atoms with E-state index in [9.17, 15) is 9.50 Å². The number of alkyl halides is 1. The minimum Gasteiger partial charge on any atom is -0.465 e. The van der Waals surface area contributed by atoms with E-state index in [1.54, 1.807) is 18.2 Å². The summed E-state index contributed by atoms with van der Waals surface area (Å²) < 4.78 is 19.0. The van der Waals surface area contributed by atoms with E-state index >= 15 is 0 Å². The summed E-state index contributed by atoms with van der Waals surface area (Å²) in [6.07, 6.45) is 1.53. The number of furan rings is 1. The minimum absolute atomic E-state index is 0. The molecule has 2 N–H and O–H groups in total. The van der Waals surface area contributed by atoms with Gasteiger partial charge in [0, 0.05) is 5.39 Å². The Labute approximate surface area is 112 Å². The molecule has 0 bridgehead atoms. The van der Waals surface area contributed by atoms with Gasteiger partial charge in [-0.3, -0.25) is 0 Å². The number of aliphatic hydroxyl groups is 1. The van der Waals surface area contributed by atoms with Gasteiger partial charge in [0.25, 0.3) is 0 Å². The number of hydrogen-bond donors (Lipinski definition) is 2. The monoisotopic (exact) mass is 324 g/mol. The maximum Gasteiger partial charge on any atom is 1.00 e. The molecule has 5 heteroatoms. The number of nitrogens with one attached hydrogen (secondary N) is 1. The Hall–Kier alpha value is -0.767. The molecule has 1 aromatic carbocycles. The van der Waals surface area contributed by atoms with Crippen molar-refractivity contribution < 1.29 is 33.4 Å². The molecule has 1 atom stereocenters. The molecule has 0 fully saturated rings. The second kappa shape index (κ2) is 5.72. The molecule has 1 radical (unpaired) electrons. The fourth-order valence-electron chi connectivity index (χ4n) is 1.51. The van der Waals surface area contributed by atoms with Crippen molar-refractivity contribution in [2.24, 2.45) is 0 Å². The number of halogens is 1. The molecular weight excluding hydrogens is 310 g/mol. The first kappa shape index (κ1) is 14.3. The molecule has 0 spiro atoms. The van der Waals surface area contributed by atoms with Crippen molar-refractivity contribution in [2.75, 3.05) is 6.54 Å². The average molecular weight is 323 g/mol. The predicted molar refractivity (Wildman–Crippen MR) is 59.2 cm³/mol. The van der Waals surface area contributed by atoms with Gasteiger partial charge in [0.05, 0.1) is 6.26 Å². The van der Waals surface area contributed by atoms with E-state index in [0.717, 1.165) is 11.9 Å². The third-order valence-corrected chi connectivity index (χ3v) is 2.35. The zero-order valence-corrected chi connectivity index (χ0v) is 11.0. The van der Waals surface area contributed by atoms with Crippen molar-refractivity contribution in [3.8, 4) is 0 Å². The average Bonchev–Trinajstić information content (AvgIpc) is 2.73. The van der Waals surface area contributed by atoms with E-state index in [4.69, 9.17) is 4.42 Å². The van der Waals surface area contributed by atoms with E-state index in [1.165, 1.54) is 12.3 Å². The molecule has 3 nitrogen and oxygen atoms in total. The van der Waals surface area contributed by atoms with Crippen LogP contribution < -0.4 is 5.32 Å². The quantitative estimate of drug-likeness (QED) is 0.670. The van der Waals surface area contributed by atoms with Crippen LogP contribution in [0.3, 0.4) is 0 Å². The van der Waals surface area contributed by atoms with E-state index < -0.39 is 5.85 Å². The summed E-state index contributed by atoms with van der Waals surface area (Å²) in [5.41, 5.74) is 0.852. The molecule has 0 amide bonds. The van der Waals surface area contributed by atoms with Crippen LogP contribution in [0, 0.1) is 6.54 Å². The van der Waals surface area contributed by atoms with Crippen molar-refractivity contribution in [1.82, 2.24) is 5.32 Å². The molecule has 0 aliphatic carbocycles. The summed E-state index contributed by atoms with van der Waals surface area (Å²) in [7, 11) is 0. The normalized spacial score (nSPS) is 14.3. The second-order valence-electron chi connectivity index (χ2n) is 3.55. The molecule has 0 aliphatic heterocycles. The molecule has 0 saturated heterocycles. The van der Waals surface area contributed by atoms with Gasteiger partial charge in [0.2, 0.25) is 0 Å². The van der Waals surface area contributed by atoms with Crippen LogP contribution in [0.2, 0.25) is 0 Å². The molecule has 0 aliphatic rings. The topological polar surface area (TPSA) is 45.4 Å². The SMILES string of the molecule is CCN[CH-]C(O)(F)c1ccc2occc2c1.[Ru+]. The summed E-state index contributed by atoms with van der Waals surface area (Å²) in [6.45, 7) is 3.42. The summed E-state index contributed by atoms with van der Waals surface area (Å²) in [5.74, 6) is -2.47. The molecule has 1 heterocycles. The molecule has 93 valence electrons. The van der Waals surface area contributed by atoms with Gasteiger partial charge in [-0.2, -0.15) is 0 Å². The minimum atomic E-state index is -2.47. The van der Waals surface area contributed by atoms with Crippen LogP contribution in [0.1, 0.15) is 12.5 Å². The largest absolute Gasteiger partial charge is 1.00 e. The first-order valence-corrected chi connectivity index (χ1v) is 5.10. The summed E-state index contributed by atoms with van der Waals surface area (Å²) in [6, 6.07) is 6.42. The number of benzene rings is 1. The van der Waals surface area contributed by atoms with Gasteiger partial charge in [-0.05, 0) is 30.3 Å². The van der Waals surface area contributed by atoms with Gasteiger partial charge >= 0.3 is 19.5 Å². The molecular formula is C12H13FNO2Ru. The van der Waals surface area contributed by atoms with E-state index in [2.05, 4.69) is 5.32 Å². The Morgan fingerprint density at radius 2 is 2.24 bits per heavy atom. The van der Waals surface area contributed by atoms with E-state index in [0.29, 0.717) is 12.1 Å². The van der Waals surface area contributed by atoms with Crippen molar-refractivity contribution >= 4 is 11.0 Å². The Bertz CT molecular complexity index is 484. The Morgan fingerprint density at radius 1 is 1.47 bits per heavy atom. The molecule has 2 rings (SSSR count). The fraction of sp³-hybridized carbons (Fsp3) is 0.250. The van der Waals surface area contributed by atoms with Crippen LogP contribution in [0.4, 0.5) is 4.39 Å². The third-order valence-electron chi connectivity index (χ3n) is 2.35. The van der Waals surface area contributed by atoms with Gasteiger partial charge in [-0.25, -0.2) is 10.9 Å². The molecule has 2 aromatic rings.